The lowest BCUT2D eigenvalue weighted by molar-refractivity contribution is 0.0944. The summed E-state index contributed by atoms with van der Waals surface area (Å²) in [7, 11) is 0. The summed E-state index contributed by atoms with van der Waals surface area (Å²) in [6, 6.07) is 3.80. The first kappa shape index (κ1) is 18.7. The predicted molar refractivity (Wildman–Crippen MR) is 99.5 cm³/mol. The number of nitrogens with one attached hydrogen (secondary N) is 3. The van der Waals surface area contributed by atoms with E-state index in [2.05, 4.69) is 25.8 Å². The zero-order valence-electron chi connectivity index (χ0n) is 14.6. The van der Waals surface area contributed by atoms with Crippen LogP contribution < -0.4 is 15.4 Å². The van der Waals surface area contributed by atoms with Gasteiger partial charge in [0.15, 0.2) is 5.69 Å². The Hall–Kier alpha value is -2.12. The highest BCUT2D eigenvalue weighted by Crippen LogP contribution is 2.23. The summed E-state index contributed by atoms with van der Waals surface area (Å²) in [5, 5.41) is 13.4. The highest BCUT2D eigenvalue weighted by Gasteiger charge is 2.21. The molecule has 7 nitrogen and oxygen atoms in total. The highest BCUT2D eigenvalue weighted by molar-refractivity contribution is 5.94. The number of hydrogen-bond donors (Lipinski definition) is 3. The second-order valence-corrected chi connectivity index (χ2v) is 6.67. The minimum atomic E-state index is -0.156. The Morgan fingerprint density at radius 1 is 1.35 bits per heavy atom. The average molecular weight is 378 g/mol. The van der Waals surface area contributed by atoms with Crippen LogP contribution in [0.3, 0.4) is 0 Å². The quantitative estimate of drug-likeness (QED) is 0.742. The number of carbonyl (C=O) groups is 1. The van der Waals surface area contributed by atoms with Crippen molar-refractivity contribution in [2.75, 3.05) is 6.54 Å². The van der Waals surface area contributed by atoms with E-state index >= 15 is 0 Å². The van der Waals surface area contributed by atoms with Gasteiger partial charge in [0.2, 0.25) is 5.88 Å². The third-order valence-electron chi connectivity index (χ3n) is 4.86. The number of H-pyrrole nitrogens is 1. The maximum absolute atomic E-state index is 12.4. The van der Waals surface area contributed by atoms with E-state index < -0.39 is 0 Å². The number of aromatic amines is 1. The molecule has 1 aliphatic carbocycles. The van der Waals surface area contributed by atoms with Gasteiger partial charge in [0.25, 0.3) is 5.91 Å². The Morgan fingerprint density at radius 3 is 3.04 bits per heavy atom. The van der Waals surface area contributed by atoms with Crippen molar-refractivity contribution in [2.45, 2.75) is 51.3 Å². The predicted octanol–water partition coefficient (Wildman–Crippen LogP) is 2.12. The molecule has 8 heteroatoms. The monoisotopic (exact) mass is 377 g/mol. The van der Waals surface area contributed by atoms with Gasteiger partial charge in [-0.05, 0) is 37.3 Å². The Labute approximate surface area is 158 Å². The van der Waals surface area contributed by atoms with Gasteiger partial charge in [-0.25, -0.2) is 4.98 Å². The van der Waals surface area contributed by atoms with Gasteiger partial charge in [0.1, 0.15) is 6.10 Å². The molecule has 1 aliphatic heterocycles. The van der Waals surface area contributed by atoms with E-state index in [1.807, 2.05) is 12.1 Å². The lowest BCUT2D eigenvalue weighted by atomic mass is 10.1. The number of nitrogens with zero attached hydrogens (tertiary/aromatic N) is 2. The van der Waals surface area contributed by atoms with Crippen LogP contribution in [0.2, 0.25) is 0 Å². The van der Waals surface area contributed by atoms with Crippen molar-refractivity contribution >= 4 is 18.3 Å². The van der Waals surface area contributed by atoms with Crippen LogP contribution >= 0.6 is 12.4 Å². The largest absolute Gasteiger partial charge is 0.474 e. The van der Waals surface area contributed by atoms with Gasteiger partial charge >= 0.3 is 0 Å². The van der Waals surface area contributed by atoms with Gasteiger partial charge in [0, 0.05) is 49.6 Å². The fourth-order valence-corrected chi connectivity index (χ4v) is 3.48. The van der Waals surface area contributed by atoms with E-state index in [0.717, 1.165) is 42.6 Å². The molecule has 1 fully saturated rings. The van der Waals surface area contributed by atoms with Crippen LogP contribution in [-0.2, 0) is 19.5 Å². The van der Waals surface area contributed by atoms with Gasteiger partial charge in [-0.15, -0.1) is 12.4 Å². The molecule has 3 heterocycles. The Balaban J connectivity index is 0.00000196. The van der Waals surface area contributed by atoms with Crippen LogP contribution in [0.5, 0.6) is 5.88 Å². The number of hydrogen-bond acceptors (Lipinski definition) is 5. The minimum Gasteiger partial charge on any atom is -0.474 e. The van der Waals surface area contributed by atoms with E-state index in [0.29, 0.717) is 24.7 Å². The first-order chi connectivity index (χ1) is 12.3. The third-order valence-corrected chi connectivity index (χ3v) is 4.86. The SMILES string of the molecule is Cl.O=C(NCc1ccnc(OC2CCCC2)c1)c1n[nH]c2c1CNCC2. The second kappa shape index (κ2) is 8.51. The van der Waals surface area contributed by atoms with Crippen LogP contribution in [0.25, 0.3) is 0 Å². The molecule has 2 aliphatic rings. The van der Waals surface area contributed by atoms with Gasteiger partial charge in [-0.3, -0.25) is 9.89 Å². The summed E-state index contributed by atoms with van der Waals surface area (Å²) in [5.41, 5.74) is 3.49. The number of ether oxygens (including phenoxy) is 1. The normalized spacial score (nSPS) is 16.6. The topological polar surface area (TPSA) is 91.9 Å². The van der Waals surface area contributed by atoms with Gasteiger partial charge in [0.05, 0.1) is 0 Å². The standard InChI is InChI=1S/C18H23N5O2.ClH/c24-18(17-14-11-19-7-6-15(14)22-23-17)21-10-12-5-8-20-16(9-12)25-13-3-1-2-4-13;/h5,8-9,13,19H,1-4,6-7,10-11H2,(H,21,24)(H,22,23);1H. The summed E-state index contributed by atoms with van der Waals surface area (Å²) < 4.78 is 5.92. The summed E-state index contributed by atoms with van der Waals surface area (Å²) in [4.78, 5) is 16.7. The molecule has 1 saturated carbocycles. The molecule has 140 valence electrons. The lowest BCUT2D eigenvalue weighted by Crippen LogP contribution is -2.28. The molecule has 0 atom stereocenters. The molecule has 2 aromatic heterocycles. The first-order valence-electron chi connectivity index (χ1n) is 8.96. The lowest BCUT2D eigenvalue weighted by Gasteiger charge is -2.14. The Morgan fingerprint density at radius 2 is 2.19 bits per heavy atom. The van der Waals surface area contributed by atoms with E-state index in [1.165, 1.54) is 12.8 Å². The zero-order chi connectivity index (χ0) is 17.1. The summed E-state index contributed by atoms with van der Waals surface area (Å²) in [6.45, 7) is 2.03. The van der Waals surface area contributed by atoms with Gasteiger partial charge in [-0.2, -0.15) is 5.10 Å². The van der Waals surface area contributed by atoms with Crippen LogP contribution in [0, 0.1) is 0 Å². The number of carbonyl (C=O) groups excluding carboxylic acids is 1. The maximum atomic E-state index is 12.4. The van der Waals surface area contributed by atoms with Crippen molar-refractivity contribution in [1.29, 1.82) is 0 Å². The maximum Gasteiger partial charge on any atom is 0.272 e. The molecule has 0 radical (unpaired) electrons. The molecule has 0 spiro atoms. The summed E-state index contributed by atoms with van der Waals surface area (Å²) in [6.07, 6.45) is 7.53. The van der Waals surface area contributed by atoms with Crippen molar-refractivity contribution in [3.8, 4) is 5.88 Å². The number of aromatic nitrogens is 3. The zero-order valence-corrected chi connectivity index (χ0v) is 15.4. The van der Waals surface area contributed by atoms with Crippen molar-refractivity contribution in [3.63, 3.8) is 0 Å². The van der Waals surface area contributed by atoms with Crippen LogP contribution in [0.15, 0.2) is 18.3 Å². The van der Waals surface area contributed by atoms with E-state index in [4.69, 9.17) is 4.74 Å². The number of fused-ring (bicyclic) bond motifs is 1. The molecular weight excluding hydrogens is 354 g/mol. The third kappa shape index (κ3) is 4.16. The molecule has 2 aromatic rings. The molecule has 3 N–H and O–H groups in total. The molecule has 26 heavy (non-hydrogen) atoms. The average Bonchev–Trinajstić information content (AvgIpc) is 3.29. The summed E-state index contributed by atoms with van der Waals surface area (Å²) in [5.74, 6) is 0.483. The fourth-order valence-electron chi connectivity index (χ4n) is 3.48. The Kier molecular flexibility index (Phi) is 6.11. The smallest absolute Gasteiger partial charge is 0.272 e. The van der Waals surface area contributed by atoms with E-state index in [1.54, 1.807) is 6.20 Å². The number of pyridine rings is 1. The number of amides is 1. The molecule has 0 unspecified atom stereocenters. The molecule has 0 saturated heterocycles. The molecule has 1 amide bonds. The number of rotatable bonds is 5. The molecular formula is C18H24ClN5O2. The first-order valence-corrected chi connectivity index (χ1v) is 8.96. The van der Waals surface area contributed by atoms with Crippen LogP contribution in [0.1, 0.15) is 53.0 Å². The Bertz CT molecular complexity index is 758. The van der Waals surface area contributed by atoms with E-state index in [9.17, 15) is 4.79 Å². The van der Waals surface area contributed by atoms with Crippen molar-refractivity contribution in [1.82, 2.24) is 25.8 Å². The fraction of sp³-hybridized carbons (Fsp3) is 0.500. The van der Waals surface area contributed by atoms with Crippen LogP contribution in [-0.4, -0.2) is 33.7 Å². The van der Waals surface area contributed by atoms with Crippen LogP contribution in [0.4, 0.5) is 0 Å². The second-order valence-electron chi connectivity index (χ2n) is 6.67. The summed E-state index contributed by atoms with van der Waals surface area (Å²) >= 11 is 0. The van der Waals surface area contributed by atoms with Crippen molar-refractivity contribution in [3.05, 3.63) is 40.8 Å². The van der Waals surface area contributed by atoms with Crippen molar-refractivity contribution < 1.29 is 9.53 Å². The minimum absolute atomic E-state index is 0. The van der Waals surface area contributed by atoms with Gasteiger partial charge in [-0.1, -0.05) is 0 Å². The van der Waals surface area contributed by atoms with E-state index in [-0.39, 0.29) is 24.4 Å². The number of halogens is 1. The molecule has 0 bridgehead atoms. The van der Waals surface area contributed by atoms with Gasteiger partial charge < -0.3 is 15.4 Å². The van der Waals surface area contributed by atoms with Crippen molar-refractivity contribution in [2.24, 2.45) is 0 Å². The molecule has 0 aromatic carbocycles. The highest BCUT2D eigenvalue weighted by atomic mass is 35.5. The molecule has 4 rings (SSSR count).